The number of aromatic nitrogens is 1. The maximum atomic E-state index is 12.7. The predicted molar refractivity (Wildman–Crippen MR) is 98.5 cm³/mol. The number of urea groups is 1. The number of rotatable bonds is 3. The molecule has 2 heterocycles. The lowest BCUT2D eigenvalue weighted by Gasteiger charge is -2.36. The van der Waals surface area contributed by atoms with Gasteiger partial charge in [-0.05, 0) is 30.9 Å². The number of carbonyl (C=O) groups is 2. The van der Waals surface area contributed by atoms with Gasteiger partial charge in [-0.1, -0.05) is 30.3 Å². The number of ether oxygens (including phenoxy) is 2. The molecule has 3 rings (SSSR count). The van der Waals surface area contributed by atoms with E-state index in [1.807, 2.05) is 37.3 Å². The summed E-state index contributed by atoms with van der Waals surface area (Å²) in [6.07, 6.45) is -0.281. The van der Waals surface area contributed by atoms with Gasteiger partial charge >= 0.3 is 12.0 Å². The lowest BCUT2D eigenvalue weighted by atomic mass is 10.1. The molecule has 2 amide bonds. The summed E-state index contributed by atoms with van der Waals surface area (Å²) in [5.74, 6) is -0.510. The van der Waals surface area contributed by atoms with Crippen LogP contribution in [0.15, 0.2) is 30.3 Å². The molecule has 2 atom stereocenters. The highest BCUT2D eigenvalue weighted by Gasteiger charge is 2.30. The highest BCUT2D eigenvalue weighted by Crippen LogP contribution is 2.28. The second-order valence-electron chi connectivity index (χ2n) is 6.14. The number of nitrogens with one attached hydrogen (secondary N) is 1. The van der Waals surface area contributed by atoms with Crippen molar-refractivity contribution in [2.75, 3.05) is 25.5 Å². The molecule has 1 aliphatic rings. The van der Waals surface area contributed by atoms with Crippen molar-refractivity contribution in [3.05, 3.63) is 47.2 Å². The fourth-order valence-electron chi connectivity index (χ4n) is 2.94. The molecule has 2 aromatic rings. The van der Waals surface area contributed by atoms with Crippen molar-refractivity contribution >= 4 is 28.5 Å². The van der Waals surface area contributed by atoms with Crippen LogP contribution in [0.5, 0.6) is 0 Å². The first-order valence-electron chi connectivity index (χ1n) is 8.30. The van der Waals surface area contributed by atoms with E-state index in [0.717, 1.165) is 17.1 Å². The molecule has 1 N–H and O–H groups in total. The molecular weight excluding hydrogens is 354 g/mol. The Hall–Kier alpha value is -2.45. The molecule has 26 heavy (non-hydrogen) atoms. The lowest BCUT2D eigenvalue weighted by Crippen LogP contribution is -2.47. The zero-order valence-electron chi connectivity index (χ0n) is 14.9. The van der Waals surface area contributed by atoms with Crippen LogP contribution in [0.3, 0.4) is 0 Å². The number of benzene rings is 1. The van der Waals surface area contributed by atoms with E-state index in [0.29, 0.717) is 29.3 Å². The number of amides is 2. The molecular formula is C18H21N3O4S. The zero-order chi connectivity index (χ0) is 18.7. The van der Waals surface area contributed by atoms with Crippen LogP contribution in [-0.4, -0.2) is 47.6 Å². The molecule has 8 heteroatoms. The first-order chi connectivity index (χ1) is 12.5. The monoisotopic (exact) mass is 375 g/mol. The molecule has 1 aliphatic heterocycles. The largest absolute Gasteiger partial charge is 0.465 e. The number of methoxy groups -OCH3 is 1. The summed E-state index contributed by atoms with van der Waals surface area (Å²) in [5, 5.41) is 3.19. The minimum atomic E-state index is -0.510. The number of morpholine rings is 1. The molecule has 1 aromatic heterocycles. The Morgan fingerprint density at radius 2 is 2.04 bits per heavy atom. The highest BCUT2D eigenvalue weighted by molar-refractivity contribution is 7.11. The van der Waals surface area contributed by atoms with E-state index in [9.17, 15) is 9.59 Å². The van der Waals surface area contributed by atoms with E-state index in [1.165, 1.54) is 7.11 Å². The van der Waals surface area contributed by atoms with Gasteiger partial charge in [-0.2, -0.15) is 4.37 Å². The first-order valence-corrected chi connectivity index (χ1v) is 9.07. The Bertz CT molecular complexity index is 793. The van der Waals surface area contributed by atoms with Gasteiger partial charge in [0.2, 0.25) is 0 Å². The maximum absolute atomic E-state index is 12.7. The van der Waals surface area contributed by atoms with E-state index in [2.05, 4.69) is 9.69 Å². The van der Waals surface area contributed by atoms with E-state index in [1.54, 1.807) is 11.8 Å². The number of nitrogens with zero attached hydrogens (tertiary/aromatic N) is 2. The Balaban J connectivity index is 1.75. The Morgan fingerprint density at radius 3 is 2.73 bits per heavy atom. The minimum Gasteiger partial charge on any atom is -0.465 e. The second kappa shape index (κ2) is 7.84. The number of aryl methyl sites for hydroxylation is 1. The molecule has 1 aromatic carbocycles. The highest BCUT2D eigenvalue weighted by atomic mass is 32.1. The van der Waals surface area contributed by atoms with Gasteiger partial charge in [0.15, 0.2) is 0 Å². The number of esters is 1. The Kier molecular flexibility index (Phi) is 5.53. The first kappa shape index (κ1) is 18.3. The maximum Gasteiger partial charge on any atom is 0.342 e. The van der Waals surface area contributed by atoms with Crippen LogP contribution in [-0.2, 0) is 9.47 Å². The fraction of sp³-hybridized carbons (Fsp3) is 0.389. The van der Waals surface area contributed by atoms with Crippen LogP contribution < -0.4 is 5.32 Å². The van der Waals surface area contributed by atoms with Crippen molar-refractivity contribution in [3.63, 3.8) is 0 Å². The molecule has 2 unspecified atom stereocenters. The van der Waals surface area contributed by atoms with Crippen LogP contribution in [0, 0.1) is 6.92 Å². The van der Waals surface area contributed by atoms with E-state index < -0.39 is 5.97 Å². The summed E-state index contributed by atoms with van der Waals surface area (Å²) in [5.41, 5.74) is 1.86. The molecule has 1 fully saturated rings. The number of hydrogen-bond acceptors (Lipinski definition) is 6. The van der Waals surface area contributed by atoms with Gasteiger partial charge in [0.1, 0.15) is 16.7 Å². The Labute approximate surface area is 156 Å². The topological polar surface area (TPSA) is 80.8 Å². The van der Waals surface area contributed by atoms with Crippen molar-refractivity contribution < 1.29 is 19.1 Å². The third-order valence-electron chi connectivity index (χ3n) is 4.19. The Morgan fingerprint density at radius 1 is 1.31 bits per heavy atom. The number of carbonyl (C=O) groups excluding carboxylic acids is 2. The van der Waals surface area contributed by atoms with Crippen molar-refractivity contribution in [1.29, 1.82) is 0 Å². The van der Waals surface area contributed by atoms with Crippen molar-refractivity contribution in [1.82, 2.24) is 9.27 Å². The third-order valence-corrected chi connectivity index (χ3v) is 5.05. The average molecular weight is 375 g/mol. The normalized spacial score (nSPS) is 19.9. The number of anilines is 1. The molecule has 138 valence electrons. The standard InChI is InChI=1S/C18H21N3O4S/c1-11-9-21(10-14(25-11)13-7-5-4-6-8-13)18(23)19-16-15(17(22)24-3)12(2)20-26-16/h4-8,11,14H,9-10H2,1-3H3,(H,19,23). The summed E-state index contributed by atoms with van der Waals surface area (Å²) in [6, 6.07) is 9.54. The summed E-state index contributed by atoms with van der Waals surface area (Å²) < 4.78 is 14.9. The quantitative estimate of drug-likeness (QED) is 0.833. The van der Waals surface area contributed by atoms with Crippen LogP contribution in [0.1, 0.15) is 34.6 Å². The molecule has 0 bridgehead atoms. The average Bonchev–Trinajstić information content (AvgIpc) is 3.01. The molecule has 0 saturated carbocycles. The molecule has 7 nitrogen and oxygen atoms in total. The van der Waals surface area contributed by atoms with Crippen molar-refractivity contribution in [2.24, 2.45) is 0 Å². The molecule has 1 saturated heterocycles. The van der Waals surface area contributed by atoms with Crippen LogP contribution >= 0.6 is 11.5 Å². The summed E-state index contributed by atoms with van der Waals surface area (Å²) in [6.45, 7) is 4.55. The van der Waals surface area contributed by atoms with Crippen LogP contribution in [0.4, 0.5) is 9.80 Å². The van der Waals surface area contributed by atoms with Crippen molar-refractivity contribution in [2.45, 2.75) is 26.1 Å². The van der Waals surface area contributed by atoms with Crippen LogP contribution in [0.2, 0.25) is 0 Å². The van der Waals surface area contributed by atoms with Gasteiger partial charge in [0.25, 0.3) is 0 Å². The van der Waals surface area contributed by atoms with Gasteiger partial charge in [-0.15, -0.1) is 0 Å². The predicted octanol–water partition coefficient (Wildman–Crippen LogP) is 3.23. The third kappa shape index (κ3) is 3.86. The van der Waals surface area contributed by atoms with E-state index in [4.69, 9.17) is 9.47 Å². The van der Waals surface area contributed by atoms with Gasteiger partial charge in [-0.3, -0.25) is 5.32 Å². The van der Waals surface area contributed by atoms with Crippen molar-refractivity contribution in [3.8, 4) is 0 Å². The smallest absolute Gasteiger partial charge is 0.342 e. The summed E-state index contributed by atoms with van der Waals surface area (Å²) in [7, 11) is 1.30. The molecule has 0 aliphatic carbocycles. The van der Waals surface area contributed by atoms with Gasteiger partial charge in [0.05, 0.1) is 25.5 Å². The second-order valence-corrected chi connectivity index (χ2v) is 6.92. The van der Waals surface area contributed by atoms with E-state index >= 15 is 0 Å². The fourth-order valence-corrected chi connectivity index (χ4v) is 3.72. The van der Waals surface area contributed by atoms with Gasteiger partial charge in [0, 0.05) is 6.54 Å². The summed E-state index contributed by atoms with van der Waals surface area (Å²) in [4.78, 5) is 26.4. The molecule has 0 radical (unpaired) electrons. The van der Waals surface area contributed by atoms with Gasteiger partial charge in [-0.25, -0.2) is 9.59 Å². The number of hydrogen-bond donors (Lipinski definition) is 1. The zero-order valence-corrected chi connectivity index (χ0v) is 15.7. The SMILES string of the molecule is COC(=O)c1c(C)nsc1NC(=O)N1CC(C)OC(c2ccccc2)C1. The van der Waals surface area contributed by atoms with Gasteiger partial charge < -0.3 is 14.4 Å². The lowest BCUT2D eigenvalue weighted by molar-refractivity contribution is -0.0642. The summed E-state index contributed by atoms with van der Waals surface area (Å²) >= 11 is 1.07. The van der Waals surface area contributed by atoms with E-state index in [-0.39, 0.29) is 18.2 Å². The van der Waals surface area contributed by atoms with Crippen LogP contribution in [0.25, 0.3) is 0 Å². The minimum absolute atomic E-state index is 0.0945. The molecule has 0 spiro atoms.